The number of aryl methyl sites for hydroxylation is 1. The van der Waals surface area contributed by atoms with Crippen LogP contribution in [0.25, 0.3) is 0 Å². The van der Waals surface area contributed by atoms with Crippen LogP contribution in [0.4, 0.5) is 0 Å². The zero-order chi connectivity index (χ0) is 12.1. The standard InChI is InChI=1S/C14H16N2O/c1-16-8-7-13(11-16)10-15-14(17)9-12-5-3-2-4-6-12/h2-8,11H,9-10H2,1H3,(H,15,17). The normalized spacial score (nSPS) is 10.2. The van der Waals surface area contributed by atoms with Crippen LogP contribution in [0.3, 0.4) is 0 Å². The lowest BCUT2D eigenvalue weighted by Crippen LogP contribution is -2.24. The molecule has 2 aromatic rings. The van der Waals surface area contributed by atoms with Crippen LogP contribution in [-0.4, -0.2) is 10.5 Å². The SMILES string of the molecule is Cn1ccc(CNC(=O)Cc2ccccc2)c1. The van der Waals surface area contributed by atoms with Crippen molar-refractivity contribution in [2.24, 2.45) is 7.05 Å². The summed E-state index contributed by atoms with van der Waals surface area (Å²) in [7, 11) is 1.97. The van der Waals surface area contributed by atoms with Crippen LogP contribution in [0.1, 0.15) is 11.1 Å². The molecule has 0 radical (unpaired) electrons. The Morgan fingerprint density at radius 2 is 1.94 bits per heavy atom. The van der Waals surface area contributed by atoms with Gasteiger partial charge in [-0.05, 0) is 17.2 Å². The van der Waals surface area contributed by atoms with Crippen molar-refractivity contribution >= 4 is 5.91 Å². The first-order chi connectivity index (χ1) is 8.24. The lowest BCUT2D eigenvalue weighted by Gasteiger charge is -2.03. The lowest BCUT2D eigenvalue weighted by molar-refractivity contribution is -0.120. The molecule has 1 N–H and O–H groups in total. The van der Waals surface area contributed by atoms with Gasteiger partial charge in [-0.25, -0.2) is 0 Å². The molecule has 0 bridgehead atoms. The maximum absolute atomic E-state index is 11.7. The minimum absolute atomic E-state index is 0.0556. The quantitative estimate of drug-likeness (QED) is 0.851. The maximum Gasteiger partial charge on any atom is 0.224 e. The van der Waals surface area contributed by atoms with Gasteiger partial charge in [0.05, 0.1) is 6.42 Å². The number of rotatable bonds is 4. The van der Waals surface area contributed by atoms with Crippen molar-refractivity contribution in [1.82, 2.24) is 9.88 Å². The Kier molecular flexibility index (Phi) is 3.60. The number of hydrogen-bond donors (Lipinski definition) is 1. The summed E-state index contributed by atoms with van der Waals surface area (Å²) in [5, 5.41) is 2.91. The molecule has 1 aromatic heterocycles. The van der Waals surface area contributed by atoms with Crippen molar-refractivity contribution in [2.75, 3.05) is 0 Å². The third kappa shape index (κ3) is 3.48. The topological polar surface area (TPSA) is 34.0 Å². The summed E-state index contributed by atoms with van der Waals surface area (Å²) in [5.74, 6) is 0.0556. The fourth-order valence-corrected chi connectivity index (χ4v) is 1.71. The van der Waals surface area contributed by atoms with Gasteiger partial charge in [-0.15, -0.1) is 0 Å². The van der Waals surface area contributed by atoms with E-state index in [0.29, 0.717) is 13.0 Å². The largest absolute Gasteiger partial charge is 0.357 e. The maximum atomic E-state index is 11.7. The number of carbonyl (C=O) groups excluding carboxylic acids is 1. The summed E-state index contributed by atoms with van der Waals surface area (Å²) in [6, 6.07) is 11.8. The van der Waals surface area contributed by atoms with Crippen molar-refractivity contribution in [1.29, 1.82) is 0 Å². The van der Waals surface area contributed by atoms with E-state index < -0.39 is 0 Å². The van der Waals surface area contributed by atoms with Gasteiger partial charge in [-0.1, -0.05) is 30.3 Å². The van der Waals surface area contributed by atoms with E-state index in [1.165, 1.54) is 0 Å². The first-order valence-electron chi connectivity index (χ1n) is 5.65. The van der Waals surface area contributed by atoms with Crippen molar-refractivity contribution in [3.63, 3.8) is 0 Å². The molecule has 3 nitrogen and oxygen atoms in total. The Morgan fingerprint density at radius 3 is 2.59 bits per heavy atom. The van der Waals surface area contributed by atoms with Crippen LogP contribution in [-0.2, 0) is 24.8 Å². The molecule has 88 valence electrons. The van der Waals surface area contributed by atoms with Gasteiger partial charge >= 0.3 is 0 Å². The predicted octanol–water partition coefficient (Wildman–Crippen LogP) is 1.88. The summed E-state index contributed by atoms with van der Waals surface area (Å²) < 4.78 is 1.97. The first kappa shape index (κ1) is 11.5. The summed E-state index contributed by atoms with van der Waals surface area (Å²) in [4.78, 5) is 11.7. The molecule has 2 rings (SSSR count). The molecule has 1 heterocycles. The average molecular weight is 228 g/mol. The van der Waals surface area contributed by atoms with Crippen LogP contribution in [0.15, 0.2) is 48.8 Å². The zero-order valence-corrected chi connectivity index (χ0v) is 9.89. The number of hydrogen-bond acceptors (Lipinski definition) is 1. The van der Waals surface area contributed by atoms with Gasteiger partial charge in [0.1, 0.15) is 0 Å². The van der Waals surface area contributed by atoms with Gasteiger partial charge in [-0.3, -0.25) is 4.79 Å². The molecular weight excluding hydrogens is 212 g/mol. The van der Waals surface area contributed by atoms with Gasteiger partial charge < -0.3 is 9.88 Å². The van der Waals surface area contributed by atoms with E-state index in [4.69, 9.17) is 0 Å². The molecule has 1 amide bonds. The van der Waals surface area contributed by atoms with Gasteiger partial charge in [0.25, 0.3) is 0 Å². The molecule has 0 aliphatic heterocycles. The highest BCUT2D eigenvalue weighted by molar-refractivity contribution is 5.78. The van der Waals surface area contributed by atoms with E-state index in [1.807, 2.05) is 60.4 Å². The fraction of sp³-hybridized carbons (Fsp3) is 0.214. The van der Waals surface area contributed by atoms with Gasteiger partial charge in [-0.2, -0.15) is 0 Å². The highest BCUT2D eigenvalue weighted by Gasteiger charge is 2.03. The summed E-state index contributed by atoms with van der Waals surface area (Å²) in [5.41, 5.74) is 2.16. The zero-order valence-electron chi connectivity index (χ0n) is 9.89. The molecule has 0 aliphatic carbocycles. The van der Waals surface area contributed by atoms with Crippen LogP contribution in [0, 0.1) is 0 Å². The number of amides is 1. The molecule has 0 atom stereocenters. The van der Waals surface area contributed by atoms with Gasteiger partial charge in [0, 0.05) is 26.0 Å². The molecule has 0 unspecified atom stereocenters. The Labute approximate surface area is 101 Å². The minimum Gasteiger partial charge on any atom is -0.357 e. The molecule has 1 aromatic carbocycles. The smallest absolute Gasteiger partial charge is 0.224 e. The number of carbonyl (C=O) groups is 1. The monoisotopic (exact) mass is 228 g/mol. The fourth-order valence-electron chi connectivity index (χ4n) is 1.71. The molecule has 3 heteroatoms. The van der Waals surface area contributed by atoms with Crippen molar-refractivity contribution in [3.8, 4) is 0 Å². The first-order valence-corrected chi connectivity index (χ1v) is 5.65. The van der Waals surface area contributed by atoms with Crippen LogP contribution in [0.2, 0.25) is 0 Å². The van der Waals surface area contributed by atoms with Crippen molar-refractivity contribution in [3.05, 3.63) is 59.9 Å². The Balaban J connectivity index is 1.82. The number of nitrogens with one attached hydrogen (secondary N) is 1. The molecule has 0 saturated carbocycles. The Bertz CT molecular complexity index is 488. The van der Waals surface area contributed by atoms with Crippen LogP contribution < -0.4 is 5.32 Å². The van der Waals surface area contributed by atoms with E-state index in [1.54, 1.807) is 0 Å². The van der Waals surface area contributed by atoms with Crippen LogP contribution >= 0.6 is 0 Å². The lowest BCUT2D eigenvalue weighted by atomic mass is 10.1. The summed E-state index contributed by atoms with van der Waals surface area (Å²) in [6.45, 7) is 0.590. The molecule has 0 saturated heterocycles. The number of aromatic nitrogens is 1. The molecule has 0 aliphatic rings. The van der Waals surface area contributed by atoms with E-state index in [2.05, 4.69) is 5.32 Å². The van der Waals surface area contributed by atoms with E-state index >= 15 is 0 Å². The van der Waals surface area contributed by atoms with Crippen molar-refractivity contribution < 1.29 is 4.79 Å². The predicted molar refractivity (Wildman–Crippen MR) is 67.4 cm³/mol. The minimum atomic E-state index is 0.0556. The number of nitrogens with zero attached hydrogens (tertiary/aromatic N) is 1. The molecular formula is C14H16N2O. The van der Waals surface area contributed by atoms with Crippen LogP contribution in [0.5, 0.6) is 0 Å². The molecule has 0 spiro atoms. The van der Waals surface area contributed by atoms with Crippen molar-refractivity contribution in [2.45, 2.75) is 13.0 Å². The third-order valence-corrected chi connectivity index (χ3v) is 2.59. The summed E-state index contributed by atoms with van der Waals surface area (Å²) >= 11 is 0. The second-order valence-corrected chi connectivity index (χ2v) is 4.12. The second-order valence-electron chi connectivity index (χ2n) is 4.12. The van der Waals surface area contributed by atoms with E-state index in [0.717, 1.165) is 11.1 Å². The third-order valence-electron chi connectivity index (χ3n) is 2.59. The van der Waals surface area contributed by atoms with Gasteiger partial charge in [0.2, 0.25) is 5.91 Å². The highest BCUT2D eigenvalue weighted by Crippen LogP contribution is 2.01. The van der Waals surface area contributed by atoms with E-state index in [-0.39, 0.29) is 5.91 Å². The van der Waals surface area contributed by atoms with Gasteiger partial charge in [0.15, 0.2) is 0 Å². The average Bonchev–Trinajstić information content (AvgIpc) is 2.74. The summed E-state index contributed by atoms with van der Waals surface area (Å²) in [6.07, 6.45) is 4.41. The second kappa shape index (κ2) is 5.34. The number of benzene rings is 1. The molecule has 0 fully saturated rings. The Morgan fingerprint density at radius 1 is 1.18 bits per heavy atom. The molecule has 17 heavy (non-hydrogen) atoms. The van der Waals surface area contributed by atoms with E-state index in [9.17, 15) is 4.79 Å². The highest BCUT2D eigenvalue weighted by atomic mass is 16.1. The Hall–Kier alpha value is -2.03.